The van der Waals surface area contributed by atoms with E-state index in [1.54, 1.807) is 6.92 Å². The first kappa shape index (κ1) is 10.9. The minimum atomic E-state index is -2.39. The van der Waals surface area contributed by atoms with Gasteiger partial charge in [0.25, 0.3) is 5.60 Å². The zero-order valence-electron chi connectivity index (χ0n) is 7.03. The largest absolute Gasteiger partial charge is 0.479 e. The minimum Gasteiger partial charge on any atom is -0.479 e. The van der Waals surface area contributed by atoms with Crippen molar-refractivity contribution in [1.82, 2.24) is 0 Å². The van der Waals surface area contributed by atoms with Gasteiger partial charge in [-0.1, -0.05) is 13.3 Å². The van der Waals surface area contributed by atoms with E-state index in [9.17, 15) is 14.7 Å². The predicted octanol–water partition coefficient (Wildman–Crippen LogP) is -0.225. The van der Waals surface area contributed by atoms with Gasteiger partial charge in [-0.3, -0.25) is 0 Å². The fourth-order valence-electron chi connectivity index (χ4n) is 0.827. The van der Waals surface area contributed by atoms with Gasteiger partial charge in [-0.05, 0) is 6.42 Å². The van der Waals surface area contributed by atoms with Crippen LogP contribution in [0, 0.1) is 0 Å². The number of rotatable bonds is 4. The molecule has 0 saturated heterocycles. The molecule has 0 fully saturated rings. The summed E-state index contributed by atoms with van der Waals surface area (Å²) in [6.45, 7) is 1.66. The summed E-state index contributed by atoms with van der Waals surface area (Å²) in [6.07, 6.45) is 0.243. The van der Waals surface area contributed by atoms with Gasteiger partial charge in [0.15, 0.2) is 0 Å². The Balaban J connectivity index is 4.61. The number of aliphatic hydroxyl groups is 1. The molecule has 1 unspecified atom stereocenters. The lowest BCUT2D eigenvalue weighted by atomic mass is 9.99. The second-order valence-electron chi connectivity index (χ2n) is 2.41. The Bertz CT molecular complexity index is 188. The van der Waals surface area contributed by atoms with Crippen LogP contribution >= 0.6 is 0 Å². The number of carboxylic acids is 1. The molecule has 0 aromatic carbocycles. The zero-order valence-corrected chi connectivity index (χ0v) is 7.03. The van der Waals surface area contributed by atoms with Gasteiger partial charge in [-0.25, -0.2) is 9.59 Å². The maximum atomic E-state index is 10.8. The summed E-state index contributed by atoms with van der Waals surface area (Å²) in [5.41, 5.74) is -2.39. The van der Waals surface area contributed by atoms with Crippen LogP contribution in [0.25, 0.3) is 0 Å². The molecule has 5 nitrogen and oxygen atoms in total. The number of ether oxygens (including phenoxy) is 1. The first-order valence-electron chi connectivity index (χ1n) is 3.53. The smallest absolute Gasteiger partial charge is 0.349 e. The van der Waals surface area contributed by atoms with E-state index in [1.807, 2.05) is 0 Å². The van der Waals surface area contributed by atoms with Crippen LogP contribution in [0.2, 0.25) is 0 Å². The van der Waals surface area contributed by atoms with E-state index in [2.05, 4.69) is 4.74 Å². The third kappa shape index (κ3) is 1.94. The highest BCUT2D eigenvalue weighted by Crippen LogP contribution is 2.14. The molecule has 0 spiro atoms. The highest BCUT2D eigenvalue weighted by molar-refractivity contribution is 6.02. The number of aliphatic carboxylic acids is 1. The van der Waals surface area contributed by atoms with E-state index in [1.165, 1.54) is 0 Å². The Kier molecular flexibility index (Phi) is 3.69. The Hall–Kier alpha value is -1.10. The fourth-order valence-corrected chi connectivity index (χ4v) is 0.827. The lowest BCUT2D eigenvalue weighted by molar-refractivity contribution is -0.178. The standard InChI is InChI=1S/C7H12O5/c1-3-4-7(11,5(8)9)6(10)12-2/h11H,3-4H2,1-2H3,(H,8,9). The van der Waals surface area contributed by atoms with Gasteiger partial charge >= 0.3 is 11.9 Å². The van der Waals surface area contributed by atoms with E-state index < -0.39 is 17.5 Å². The Labute approximate surface area is 70.0 Å². The molecule has 0 heterocycles. The van der Waals surface area contributed by atoms with Crippen molar-refractivity contribution in [2.45, 2.75) is 25.4 Å². The highest BCUT2D eigenvalue weighted by atomic mass is 16.5. The fraction of sp³-hybridized carbons (Fsp3) is 0.714. The van der Waals surface area contributed by atoms with Crippen molar-refractivity contribution in [1.29, 1.82) is 0 Å². The molecule has 70 valence electrons. The quantitative estimate of drug-likeness (QED) is 0.456. The summed E-state index contributed by atoms with van der Waals surface area (Å²) in [7, 11) is 1.03. The molecule has 0 radical (unpaired) electrons. The molecule has 12 heavy (non-hydrogen) atoms. The SMILES string of the molecule is CCCC(O)(C(=O)O)C(=O)OC. The van der Waals surface area contributed by atoms with Gasteiger partial charge in [0, 0.05) is 0 Å². The number of hydrogen-bond acceptors (Lipinski definition) is 4. The number of carboxylic acid groups (broad SMARTS) is 1. The van der Waals surface area contributed by atoms with Crippen molar-refractivity contribution < 1.29 is 24.5 Å². The van der Waals surface area contributed by atoms with Gasteiger partial charge in [0.05, 0.1) is 7.11 Å². The van der Waals surface area contributed by atoms with Gasteiger partial charge in [-0.15, -0.1) is 0 Å². The monoisotopic (exact) mass is 176 g/mol. The maximum absolute atomic E-state index is 10.8. The zero-order chi connectivity index (χ0) is 9.78. The van der Waals surface area contributed by atoms with Gasteiger partial charge in [-0.2, -0.15) is 0 Å². The molecule has 0 aromatic rings. The number of hydrogen-bond donors (Lipinski definition) is 2. The number of carbonyl (C=O) groups excluding carboxylic acids is 1. The molecule has 0 aliphatic rings. The van der Waals surface area contributed by atoms with Crippen LogP contribution in [-0.4, -0.2) is 34.9 Å². The molecule has 5 heteroatoms. The van der Waals surface area contributed by atoms with Gasteiger partial charge < -0.3 is 14.9 Å². The molecular weight excluding hydrogens is 164 g/mol. The average Bonchev–Trinajstić information content (AvgIpc) is 2.03. The second-order valence-corrected chi connectivity index (χ2v) is 2.41. The Morgan fingerprint density at radius 3 is 2.25 bits per heavy atom. The van der Waals surface area contributed by atoms with E-state index >= 15 is 0 Å². The summed E-state index contributed by atoms with van der Waals surface area (Å²) in [5.74, 6) is -2.70. The number of carbonyl (C=O) groups is 2. The van der Waals surface area contributed by atoms with E-state index in [0.29, 0.717) is 6.42 Å². The summed E-state index contributed by atoms with van der Waals surface area (Å²) in [4.78, 5) is 21.3. The summed E-state index contributed by atoms with van der Waals surface area (Å²) < 4.78 is 4.16. The molecular formula is C7H12O5. The van der Waals surface area contributed by atoms with Crippen molar-refractivity contribution in [2.24, 2.45) is 0 Å². The van der Waals surface area contributed by atoms with Gasteiger partial charge in [0.1, 0.15) is 0 Å². The lowest BCUT2D eigenvalue weighted by Crippen LogP contribution is -2.47. The summed E-state index contributed by atoms with van der Waals surface area (Å²) in [5, 5.41) is 17.8. The topological polar surface area (TPSA) is 83.8 Å². The molecule has 0 saturated carbocycles. The summed E-state index contributed by atoms with van der Waals surface area (Å²) >= 11 is 0. The van der Waals surface area contributed by atoms with Crippen molar-refractivity contribution in [3.8, 4) is 0 Å². The molecule has 0 bridgehead atoms. The number of esters is 1. The Morgan fingerprint density at radius 2 is 2.00 bits per heavy atom. The van der Waals surface area contributed by atoms with E-state index in [4.69, 9.17) is 5.11 Å². The van der Waals surface area contributed by atoms with Crippen LogP contribution in [0.15, 0.2) is 0 Å². The third-order valence-electron chi connectivity index (χ3n) is 1.49. The second kappa shape index (κ2) is 4.06. The Morgan fingerprint density at radius 1 is 1.50 bits per heavy atom. The van der Waals surface area contributed by atoms with Crippen molar-refractivity contribution in [3.63, 3.8) is 0 Å². The van der Waals surface area contributed by atoms with Crippen LogP contribution in [0.4, 0.5) is 0 Å². The molecule has 0 amide bonds. The first-order chi connectivity index (χ1) is 5.49. The van der Waals surface area contributed by atoms with Gasteiger partial charge in [0.2, 0.25) is 0 Å². The molecule has 0 aromatic heterocycles. The molecule has 1 atom stereocenters. The minimum absolute atomic E-state index is 0.144. The van der Waals surface area contributed by atoms with Crippen LogP contribution in [0.3, 0.4) is 0 Å². The van der Waals surface area contributed by atoms with Crippen LogP contribution in [0.1, 0.15) is 19.8 Å². The first-order valence-corrected chi connectivity index (χ1v) is 3.53. The van der Waals surface area contributed by atoms with Crippen LogP contribution < -0.4 is 0 Å². The summed E-state index contributed by atoms with van der Waals surface area (Å²) in [6, 6.07) is 0. The van der Waals surface area contributed by atoms with Crippen molar-refractivity contribution in [2.75, 3.05) is 7.11 Å². The molecule has 2 N–H and O–H groups in total. The van der Waals surface area contributed by atoms with E-state index in [0.717, 1.165) is 7.11 Å². The lowest BCUT2D eigenvalue weighted by Gasteiger charge is -2.18. The van der Waals surface area contributed by atoms with E-state index in [-0.39, 0.29) is 6.42 Å². The van der Waals surface area contributed by atoms with Crippen LogP contribution in [0.5, 0.6) is 0 Å². The van der Waals surface area contributed by atoms with Crippen molar-refractivity contribution in [3.05, 3.63) is 0 Å². The average molecular weight is 176 g/mol. The van der Waals surface area contributed by atoms with Crippen molar-refractivity contribution >= 4 is 11.9 Å². The van der Waals surface area contributed by atoms with Crippen LogP contribution in [-0.2, 0) is 14.3 Å². The third-order valence-corrected chi connectivity index (χ3v) is 1.49. The normalized spacial score (nSPS) is 14.9. The molecule has 0 aliphatic carbocycles. The maximum Gasteiger partial charge on any atom is 0.349 e. The molecule has 0 aliphatic heterocycles. The predicted molar refractivity (Wildman–Crippen MR) is 39.5 cm³/mol. The molecule has 0 rings (SSSR count). The number of methoxy groups -OCH3 is 1. The highest BCUT2D eigenvalue weighted by Gasteiger charge is 2.44.